The zero-order valence-corrected chi connectivity index (χ0v) is 16.1. The van der Waals surface area contributed by atoms with Gasteiger partial charge in [-0.25, -0.2) is 4.79 Å². The minimum atomic E-state index is -0.767. The Balaban J connectivity index is 1.45. The molecule has 2 N–H and O–H groups in total. The minimum Gasteiger partial charge on any atom is -0.354 e. The maximum absolute atomic E-state index is 12.8. The lowest BCUT2D eigenvalue weighted by Gasteiger charge is -2.35. The van der Waals surface area contributed by atoms with Gasteiger partial charge >= 0.3 is 6.03 Å². The Morgan fingerprint density at radius 3 is 2.37 bits per heavy atom. The van der Waals surface area contributed by atoms with Crippen molar-refractivity contribution in [3.63, 3.8) is 0 Å². The Bertz CT molecular complexity index is 609. The molecule has 3 rings (SSSR count). The molecule has 0 atom stereocenters. The fourth-order valence-electron chi connectivity index (χ4n) is 4.56. The summed E-state index contributed by atoms with van der Waals surface area (Å²) in [4.78, 5) is 52.0. The van der Waals surface area contributed by atoms with E-state index >= 15 is 0 Å². The smallest absolute Gasteiger partial charge is 0.327 e. The SMILES string of the molecule is CN1C(=O)N(CC(=O)NCCC(=O)NC2CCCC2)C(=O)C12CCCCC2. The summed E-state index contributed by atoms with van der Waals surface area (Å²) in [6.07, 6.45) is 8.76. The molecule has 1 heterocycles. The maximum Gasteiger partial charge on any atom is 0.327 e. The van der Waals surface area contributed by atoms with Crippen LogP contribution in [-0.2, 0) is 14.4 Å². The molecule has 8 heteroatoms. The van der Waals surface area contributed by atoms with E-state index in [0.717, 1.165) is 49.8 Å². The summed E-state index contributed by atoms with van der Waals surface area (Å²) < 4.78 is 0. The van der Waals surface area contributed by atoms with Crippen LogP contribution in [0.25, 0.3) is 0 Å². The molecule has 0 unspecified atom stereocenters. The number of likely N-dealkylation sites (N-methyl/N-ethyl adjacent to an activating group) is 1. The lowest BCUT2D eigenvalue weighted by atomic mass is 9.81. The molecule has 3 fully saturated rings. The Hall–Kier alpha value is -2.12. The molecule has 0 radical (unpaired) electrons. The summed E-state index contributed by atoms with van der Waals surface area (Å²) in [5, 5.41) is 5.62. The third-order valence-corrected chi connectivity index (χ3v) is 6.18. The van der Waals surface area contributed by atoms with E-state index in [9.17, 15) is 19.2 Å². The number of rotatable bonds is 6. The molecule has 5 amide bonds. The lowest BCUT2D eigenvalue weighted by Crippen LogP contribution is -2.49. The number of amides is 5. The van der Waals surface area contributed by atoms with Gasteiger partial charge in [-0.3, -0.25) is 19.3 Å². The second kappa shape index (κ2) is 8.27. The van der Waals surface area contributed by atoms with Gasteiger partial charge < -0.3 is 15.5 Å². The predicted octanol–water partition coefficient (Wildman–Crippen LogP) is 1.15. The molecule has 8 nitrogen and oxygen atoms in total. The molecular formula is C19H30N4O4. The Labute approximate surface area is 160 Å². The highest BCUT2D eigenvalue weighted by Gasteiger charge is 2.55. The van der Waals surface area contributed by atoms with Crippen molar-refractivity contribution < 1.29 is 19.2 Å². The minimum absolute atomic E-state index is 0.0728. The largest absolute Gasteiger partial charge is 0.354 e. The molecule has 0 bridgehead atoms. The zero-order valence-electron chi connectivity index (χ0n) is 16.1. The molecular weight excluding hydrogens is 348 g/mol. The molecule has 0 aromatic heterocycles. The van der Waals surface area contributed by atoms with Gasteiger partial charge in [0.1, 0.15) is 12.1 Å². The summed E-state index contributed by atoms with van der Waals surface area (Å²) in [5.41, 5.74) is -0.767. The number of nitrogens with one attached hydrogen (secondary N) is 2. The van der Waals surface area contributed by atoms with E-state index in [1.807, 2.05) is 0 Å². The van der Waals surface area contributed by atoms with Crippen LogP contribution in [0.5, 0.6) is 0 Å². The van der Waals surface area contributed by atoms with Crippen molar-refractivity contribution in [2.45, 2.75) is 75.8 Å². The average molecular weight is 378 g/mol. The van der Waals surface area contributed by atoms with Crippen LogP contribution < -0.4 is 10.6 Å². The first-order valence-corrected chi connectivity index (χ1v) is 10.1. The van der Waals surface area contributed by atoms with Crippen molar-refractivity contribution in [1.82, 2.24) is 20.4 Å². The van der Waals surface area contributed by atoms with E-state index in [4.69, 9.17) is 0 Å². The van der Waals surface area contributed by atoms with E-state index in [2.05, 4.69) is 10.6 Å². The first kappa shape index (κ1) is 19.6. The summed E-state index contributed by atoms with van der Waals surface area (Å²) >= 11 is 0. The Morgan fingerprint density at radius 1 is 1.04 bits per heavy atom. The monoisotopic (exact) mass is 378 g/mol. The van der Waals surface area contributed by atoms with Crippen LogP contribution in [0.1, 0.15) is 64.2 Å². The first-order chi connectivity index (χ1) is 12.9. The van der Waals surface area contributed by atoms with Gasteiger partial charge in [-0.05, 0) is 25.7 Å². The van der Waals surface area contributed by atoms with Crippen LogP contribution >= 0.6 is 0 Å². The van der Waals surface area contributed by atoms with Gasteiger partial charge in [-0.2, -0.15) is 0 Å². The summed E-state index contributed by atoms with van der Waals surface area (Å²) in [5.74, 6) is -0.744. The topological polar surface area (TPSA) is 98.8 Å². The van der Waals surface area contributed by atoms with Gasteiger partial charge in [0.15, 0.2) is 0 Å². The third-order valence-electron chi connectivity index (χ3n) is 6.18. The second-order valence-corrected chi connectivity index (χ2v) is 7.97. The fraction of sp³-hybridized carbons (Fsp3) is 0.789. The molecule has 0 aromatic carbocycles. The number of hydrogen-bond donors (Lipinski definition) is 2. The quantitative estimate of drug-likeness (QED) is 0.677. The van der Waals surface area contributed by atoms with Crippen LogP contribution in [-0.4, -0.2) is 65.3 Å². The number of hydrogen-bond acceptors (Lipinski definition) is 4. The first-order valence-electron chi connectivity index (χ1n) is 10.1. The van der Waals surface area contributed by atoms with Crippen molar-refractivity contribution >= 4 is 23.8 Å². The van der Waals surface area contributed by atoms with Crippen molar-refractivity contribution in [2.24, 2.45) is 0 Å². The van der Waals surface area contributed by atoms with Gasteiger partial charge in [0, 0.05) is 26.1 Å². The Morgan fingerprint density at radius 2 is 1.70 bits per heavy atom. The van der Waals surface area contributed by atoms with Crippen LogP contribution in [0.3, 0.4) is 0 Å². The second-order valence-electron chi connectivity index (χ2n) is 7.97. The van der Waals surface area contributed by atoms with Crippen LogP contribution in [0, 0.1) is 0 Å². The van der Waals surface area contributed by atoms with Gasteiger partial charge in [-0.15, -0.1) is 0 Å². The molecule has 1 spiro atoms. The molecule has 2 saturated carbocycles. The predicted molar refractivity (Wildman–Crippen MR) is 98.7 cm³/mol. The van der Waals surface area contributed by atoms with Crippen molar-refractivity contribution in [1.29, 1.82) is 0 Å². The number of urea groups is 1. The highest BCUT2D eigenvalue weighted by molar-refractivity contribution is 6.08. The van der Waals surface area contributed by atoms with E-state index in [1.54, 1.807) is 7.05 Å². The van der Waals surface area contributed by atoms with Gasteiger partial charge in [0.05, 0.1) is 0 Å². The molecule has 1 saturated heterocycles. The molecule has 1 aliphatic heterocycles. The van der Waals surface area contributed by atoms with Crippen molar-refractivity contribution in [3.05, 3.63) is 0 Å². The number of carbonyl (C=O) groups excluding carboxylic acids is 4. The standard InChI is InChI=1S/C19H30N4O4/c1-22-18(27)23(17(26)19(22)10-5-2-6-11-19)13-16(25)20-12-9-15(24)21-14-7-3-4-8-14/h14H,2-13H2,1H3,(H,20,25)(H,21,24). The third kappa shape index (κ3) is 4.09. The van der Waals surface area contributed by atoms with Crippen molar-refractivity contribution in [2.75, 3.05) is 20.1 Å². The number of nitrogens with zero attached hydrogens (tertiary/aromatic N) is 2. The average Bonchev–Trinajstić information content (AvgIpc) is 3.22. The van der Waals surface area contributed by atoms with Gasteiger partial charge in [0.25, 0.3) is 5.91 Å². The number of imide groups is 1. The fourth-order valence-corrected chi connectivity index (χ4v) is 4.56. The van der Waals surface area contributed by atoms with Crippen molar-refractivity contribution in [3.8, 4) is 0 Å². The molecule has 0 aromatic rings. The van der Waals surface area contributed by atoms with E-state index < -0.39 is 17.5 Å². The highest BCUT2D eigenvalue weighted by Crippen LogP contribution is 2.39. The summed E-state index contributed by atoms with van der Waals surface area (Å²) in [7, 11) is 1.65. The lowest BCUT2D eigenvalue weighted by molar-refractivity contribution is -0.137. The summed E-state index contributed by atoms with van der Waals surface area (Å²) in [6, 6.07) is -0.147. The normalized spacial score (nSPS) is 22.6. The molecule has 27 heavy (non-hydrogen) atoms. The molecule has 3 aliphatic rings. The van der Waals surface area contributed by atoms with Crippen LogP contribution in [0.2, 0.25) is 0 Å². The van der Waals surface area contributed by atoms with E-state index in [0.29, 0.717) is 12.8 Å². The molecule has 2 aliphatic carbocycles. The maximum atomic E-state index is 12.8. The molecule has 150 valence electrons. The van der Waals surface area contributed by atoms with Gasteiger partial charge in [0.2, 0.25) is 11.8 Å². The van der Waals surface area contributed by atoms with Gasteiger partial charge in [-0.1, -0.05) is 32.1 Å². The van der Waals surface area contributed by atoms with Crippen LogP contribution in [0.15, 0.2) is 0 Å². The van der Waals surface area contributed by atoms with Crippen LogP contribution in [0.4, 0.5) is 4.79 Å². The van der Waals surface area contributed by atoms with E-state index in [-0.39, 0.29) is 37.4 Å². The zero-order chi connectivity index (χ0) is 19.4. The highest BCUT2D eigenvalue weighted by atomic mass is 16.2. The Kier molecular flexibility index (Phi) is 6.01. The number of carbonyl (C=O) groups is 4. The summed E-state index contributed by atoms with van der Waals surface area (Å²) in [6.45, 7) is -0.0808. The van der Waals surface area contributed by atoms with E-state index in [1.165, 1.54) is 4.90 Å².